The van der Waals surface area contributed by atoms with Crippen molar-refractivity contribution < 1.29 is 5.11 Å². The molecule has 1 unspecified atom stereocenters. The first-order chi connectivity index (χ1) is 5.86. The van der Waals surface area contributed by atoms with E-state index in [1.165, 1.54) is 25.7 Å². The second kappa shape index (κ2) is 5.01. The number of rotatable bonds is 4. The Morgan fingerprint density at radius 2 is 2.17 bits per heavy atom. The summed E-state index contributed by atoms with van der Waals surface area (Å²) in [6.07, 6.45) is 5.91. The maximum atomic E-state index is 8.85. The fourth-order valence-corrected chi connectivity index (χ4v) is 1.86. The van der Waals surface area contributed by atoms with Gasteiger partial charge in [-0.25, -0.2) is 0 Å². The molecule has 68 valence electrons. The zero-order valence-electron chi connectivity index (χ0n) is 7.19. The molecule has 1 N–H and O–H groups in total. The van der Waals surface area contributed by atoms with Crippen LogP contribution in [0.4, 0.5) is 0 Å². The van der Waals surface area contributed by atoms with Crippen LogP contribution in [-0.2, 0) is 0 Å². The minimum absolute atomic E-state index is 0.0133. The van der Waals surface area contributed by atoms with Crippen LogP contribution in [0.3, 0.4) is 0 Å². The third kappa shape index (κ3) is 2.72. The maximum Gasteiger partial charge on any atom is 0.0608 e. The van der Waals surface area contributed by atoms with Gasteiger partial charge in [-0.05, 0) is 17.9 Å². The number of aliphatic hydroxyl groups is 1. The van der Waals surface area contributed by atoms with Gasteiger partial charge < -0.3 is 5.11 Å². The van der Waals surface area contributed by atoms with Crippen LogP contribution in [0.2, 0.25) is 0 Å². The predicted octanol–water partition coefficient (Wildman–Crippen LogP) is 2.24. The number of hydrogen-bond acceptors (Lipinski definition) is 2. The molecule has 0 aromatic heterocycles. The van der Waals surface area contributed by atoms with Crippen LogP contribution in [-0.4, -0.2) is 17.8 Å². The van der Waals surface area contributed by atoms with Gasteiger partial charge >= 0.3 is 0 Å². The van der Waals surface area contributed by atoms with Crippen molar-refractivity contribution in [3.8, 4) is 0 Å². The summed E-state index contributed by atoms with van der Waals surface area (Å²) in [7, 11) is 0. The SMILES string of the molecule is [N-]=[N+]=NC(CO)CC1CCCC1. The Hall–Kier alpha value is -0.730. The summed E-state index contributed by atoms with van der Waals surface area (Å²) < 4.78 is 0. The van der Waals surface area contributed by atoms with Gasteiger partial charge in [0, 0.05) is 4.91 Å². The summed E-state index contributed by atoms with van der Waals surface area (Å²) in [6.45, 7) is -0.0133. The largest absolute Gasteiger partial charge is 0.396 e. The molecule has 1 saturated carbocycles. The molecule has 1 atom stereocenters. The monoisotopic (exact) mass is 169 g/mol. The molecular weight excluding hydrogens is 154 g/mol. The van der Waals surface area contributed by atoms with Crippen molar-refractivity contribution in [1.82, 2.24) is 0 Å². The molecule has 1 fully saturated rings. The Morgan fingerprint density at radius 1 is 1.50 bits per heavy atom. The molecule has 0 heterocycles. The minimum Gasteiger partial charge on any atom is -0.396 e. The topological polar surface area (TPSA) is 69.0 Å². The smallest absolute Gasteiger partial charge is 0.0608 e. The van der Waals surface area contributed by atoms with Crippen molar-refractivity contribution in [3.63, 3.8) is 0 Å². The summed E-state index contributed by atoms with van der Waals surface area (Å²) in [5, 5.41) is 12.4. The third-order valence-electron chi connectivity index (χ3n) is 2.51. The van der Waals surface area contributed by atoms with Crippen LogP contribution in [0, 0.1) is 5.92 Å². The molecule has 0 saturated heterocycles. The van der Waals surface area contributed by atoms with E-state index in [4.69, 9.17) is 10.6 Å². The van der Waals surface area contributed by atoms with Gasteiger partial charge in [0.25, 0.3) is 0 Å². The standard InChI is InChI=1S/C8H15N3O/c9-11-10-8(6-12)5-7-3-1-2-4-7/h7-8,12H,1-6H2. The predicted molar refractivity (Wildman–Crippen MR) is 46.6 cm³/mol. The van der Waals surface area contributed by atoms with E-state index in [1.807, 2.05) is 0 Å². The van der Waals surface area contributed by atoms with Gasteiger partial charge in [-0.2, -0.15) is 0 Å². The first-order valence-electron chi connectivity index (χ1n) is 4.52. The van der Waals surface area contributed by atoms with Gasteiger partial charge in [0.2, 0.25) is 0 Å². The highest BCUT2D eigenvalue weighted by molar-refractivity contribution is 4.75. The Labute approximate surface area is 72.2 Å². The number of hydrogen-bond donors (Lipinski definition) is 1. The molecule has 0 bridgehead atoms. The number of nitrogens with zero attached hydrogens (tertiary/aromatic N) is 3. The highest BCUT2D eigenvalue weighted by Gasteiger charge is 2.18. The zero-order valence-corrected chi connectivity index (χ0v) is 7.19. The number of azide groups is 1. The first kappa shape index (κ1) is 9.36. The van der Waals surface area contributed by atoms with Crippen LogP contribution < -0.4 is 0 Å². The summed E-state index contributed by atoms with van der Waals surface area (Å²) in [4.78, 5) is 2.71. The molecule has 4 nitrogen and oxygen atoms in total. The Balaban J connectivity index is 2.30. The van der Waals surface area contributed by atoms with Crippen molar-refractivity contribution in [2.24, 2.45) is 11.0 Å². The summed E-state index contributed by atoms with van der Waals surface area (Å²) in [5.74, 6) is 0.674. The summed E-state index contributed by atoms with van der Waals surface area (Å²) in [5.41, 5.74) is 8.19. The van der Waals surface area contributed by atoms with Crippen molar-refractivity contribution in [1.29, 1.82) is 0 Å². The van der Waals surface area contributed by atoms with E-state index >= 15 is 0 Å². The average molecular weight is 169 g/mol. The molecule has 0 amide bonds. The van der Waals surface area contributed by atoms with E-state index in [0.717, 1.165) is 6.42 Å². The highest BCUT2D eigenvalue weighted by atomic mass is 16.3. The fraction of sp³-hybridized carbons (Fsp3) is 1.00. The van der Waals surface area contributed by atoms with E-state index in [9.17, 15) is 0 Å². The average Bonchev–Trinajstić information content (AvgIpc) is 2.56. The quantitative estimate of drug-likeness (QED) is 0.391. The van der Waals surface area contributed by atoms with Gasteiger partial charge in [0.05, 0.1) is 12.6 Å². The number of aliphatic hydroxyl groups excluding tert-OH is 1. The van der Waals surface area contributed by atoms with E-state index < -0.39 is 0 Å². The molecule has 0 aromatic rings. The second-order valence-corrected chi connectivity index (χ2v) is 3.43. The van der Waals surface area contributed by atoms with Gasteiger partial charge in [-0.15, -0.1) is 0 Å². The molecule has 0 radical (unpaired) electrons. The summed E-state index contributed by atoms with van der Waals surface area (Å²) in [6, 6.07) is -0.196. The molecule has 1 aliphatic carbocycles. The lowest BCUT2D eigenvalue weighted by atomic mass is 9.99. The van der Waals surface area contributed by atoms with Gasteiger partial charge in [-0.3, -0.25) is 0 Å². The van der Waals surface area contributed by atoms with Crippen LogP contribution in [0.25, 0.3) is 10.4 Å². The lowest BCUT2D eigenvalue weighted by Crippen LogP contribution is -2.13. The van der Waals surface area contributed by atoms with Gasteiger partial charge in [0.1, 0.15) is 0 Å². The highest BCUT2D eigenvalue weighted by Crippen LogP contribution is 2.29. The van der Waals surface area contributed by atoms with Gasteiger partial charge in [0.15, 0.2) is 0 Å². The second-order valence-electron chi connectivity index (χ2n) is 3.43. The third-order valence-corrected chi connectivity index (χ3v) is 2.51. The molecular formula is C8H15N3O. The maximum absolute atomic E-state index is 8.85. The van der Waals surface area contributed by atoms with Gasteiger partial charge in [-0.1, -0.05) is 30.8 Å². The van der Waals surface area contributed by atoms with Crippen molar-refractivity contribution >= 4 is 0 Å². The molecule has 1 rings (SSSR count). The Kier molecular flexibility index (Phi) is 3.91. The van der Waals surface area contributed by atoms with Crippen LogP contribution in [0.1, 0.15) is 32.1 Å². The molecule has 4 heteroatoms. The molecule has 0 aliphatic heterocycles. The minimum atomic E-state index is -0.196. The molecule has 12 heavy (non-hydrogen) atoms. The normalized spacial score (nSPS) is 20.4. The lowest BCUT2D eigenvalue weighted by Gasteiger charge is -2.12. The molecule has 0 spiro atoms. The zero-order chi connectivity index (χ0) is 8.81. The van der Waals surface area contributed by atoms with E-state index in [0.29, 0.717) is 5.92 Å². The van der Waals surface area contributed by atoms with E-state index in [2.05, 4.69) is 10.0 Å². The van der Waals surface area contributed by atoms with Crippen molar-refractivity contribution in [2.45, 2.75) is 38.1 Å². The van der Waals surface area contributed by atoms with Crippen LogP contribution >= 0.6 is 0 Å². The van der Waals surface area contributed by atoms with Crippen LogP contribution in [0.5, 0.6) is 0 Å². The van der Waals surface area contributed by atoms with Crippen molar-refractivity contribution in [2.75, 3.05) is 6.61 Å². The molecule has 1 aliphatic rings. The van der Waals surface area contributed by atoms with Crippen molar-refractivity contribution in [3.05, 3.63) is 10.4 Å². The Morgan fingerprint density at radius 3 is 2.67 bits per heavy atom. The van der Waals surface area contributed by atoms with Crippen LogP contribution in [0.15, 0.2) is 5.11 Å². The summed E-state index contributed by atoms with van der Waals surface area (Å²) >= 11 is 0. The van der Waals surface area contributed by atoms with E-state index in [1.54, 1.807) is 0 Å². The van der Waals surface area contributed by atoms with E-state index in [-0.39, 0.29) is 12.6 Å². The first-order valence-corrected chi connectivity index (χ1v) is 4.52. The molecule has 0 aromatic carbocycles. The lowest BCUT2D eigenvalue weighted by molar-refractivity contribution is 0.245. The fourth-order valence-electron chi connectivity index (χ4n) is 1.86. The Bertz CT molecular complexity index is 171.